The van der Waals surface area contributed by atoms with Gasteiger partial charge in [-0.25, -0.2) is 15.0 Å². The van der Waals surface area contributed by atoms with Crippen molar-refractivity contribution in [1.82, 2.24) is 20.3 Å². The third-order valence-electron chi connectivity index (χ3n) is 2.67. The lowest BCUT2D eigenvalue weighted by atomic mass is 10.0. The van der Waals surface area contributed by atoms with Crippen molar-refractivity contribution in [2.24, 2.45) is 5.92 Å². The molecule has 8 heteroatoms. The van der Waals surface area contributed by atoms with Gasteiger partial charge < -0.3 is 10.6 Å². The van der Waals surface area contributed by atoms with Crippen LogP contribution in [0.15, 0.2) is 30.0 Å². The Morgan fingerprint density at radius 1 is 1.14 bits per heavy atom. The second-order valence-corrected chi connectivity index (χ2v) is 5.49. The number of nitrogens with one attached hydrogen (secondary N) is 2. The molecule has 0 unspecified atom stereocenters. The third-order valence-corrected chi connectivity index (χ3v) is 3.36. The second kappa shape index (κ2) is 6.89. The van der Waals surface area contributed by atoms with Crippen LogP contribution in [-0.4, -0.2) is 32.8 Å². The number of hydrogen-bond acceptors (Lipinski definition) is 6. The molecule has 0 aromatic carbocycles. The van der Waals surface area contributed by atoms with Crippen molar-refractivity contribution >= 4 is 28.3 Å². The molecule has 2 rings (SSSR count). The Labute approximate surface area is 125 Å². The van der Waals surface area contributed by atoms with Gasteiger partial charge in [0.25, 0.3) is 5.91 Å². The van der Waals surface area contributed by atoms with Gasteiger partial charge in [-0.1, -0.05) is 13.8 Å². The van der Waals surface area contributed by atoms with Crippen LogP contribution in [0.5, 0.6) is 0 Å². The fourth-order valence-corrected chi connectivity index (χ4v) is 2.16. The molecule has 0 saturated carbocycles. The van der Waals surface area contributed by atoms with Crippen LogP contribution < -0.4 is 10.6 Å². The molecule has 7 nitrogen and oxygen atoms in total. The average molecular weight is 305 g/mol. The highest BCUT2D eigenvalue weighted by molar-refractivity contribution is 7.13. The Morgan fingerprint density at radius 3 is 2.43 bits per heavy atom. The van der Waals surface area contributed by atoms with E-state index in [-0.39, 0.29) is 17.6 Å². The van der Waals surface area contributed by atoms with Gasteiger partial charge in [-0.2, -0.15) is 0 Å². The molecular formula is C13H15N5O2S. The summed E-state index contributed by atoms with van der Waals surface area (Å²) in [4.78, 5) is 36.0. The van der Waals surface area contributed by atoms with Gasteiger partial charge in [-0.15, -0.1) is 11.3 Å². The molecule has 0 bridgehead atoms. The van der Waals surface area contributed by atoms with E-state index in [2.05, 4.69) is 25.6 Å². The molecule has 0 aliphatic heterocycles. The lowest BCUT2D eigenvalue weighted by molar-refractivity contribution is -0.118. The molecule has 1 atom stereocenters. The van der Waals surface area contributed by atoms with Crippen molar-refractivity contribution in [2.45, 2.75) is 19.9 Å². The molecule has 0 aliphatic rings. The molecule has 21 heavy (non-hydrogen) atoms. The predicted octanol–water partition coefficient (Wildman–Crippen LogP) is 1.33. The number of carbonyl (C=O) groups is 2. The second-order valence-electron chi connectivity index (χ2n) is 4.59. The maximum absolute atomic E-state index is 12.2. The number of aromatic nitrogens is 3. The van der Waals surface area contributed by atoms with Crippen LogP contribution in [0.1, 0.15) is 24.5 Å². The zero-order valence-electron chi connectivity index (χ0n) is 11.6. The van der Waals surface area contributed by atoms with Crippen molar-refractivity contribution in [1.29, 1.82) is 0 Å². The molecule has 2 heterocycles. The number of anilines is 1. The maximum Gasteiger partial charge on any atom is 0.289 e. The quantitative estimate of drug-likeness (QED) is 0.868. The maximum atomic E-state index is 12.2. The molecule has 2 amide bonds. The Hall–Kier alpha value is -2.35. The van der Waals surface area contributed by atoms with Crippen LogP contribution in [0, 0.1) is 5.92 Å². The fraction of sp³-hybridized carbons (Fsp3) is 0.308. The van der Waals surface area contributed by atoms with Crippen LogP contribution in [0.25, 0.3) is 0 Å². The van der Waals surface area contributed by atoms with Crippen molar-refractivity contribution in [3.63, 3.8) is 0 Å². The first-order chi connectivity index (χ1) is 10.1. The van der Waals surface area contributed by atoms with E-state index in [0.717, 1.165) is 0 Å². The van der Waals surface area contributed by atoms with Gasteiger partial charge in [-0.3, -0.25) is 9.59 Å². The zero-order valence-corrected chi connectivity index (χ0v) is 12.4. The van der Waals surface area contributed by atoms with Gasteiger partial charge in [0, 0.05) is 24.0 Å². The molecule has 2 N–H and O–H groups in total. The molecule has 0 fully saturated rings. The molecule has 2 aromatic rings. The predicted molar refractivity (Wildman–Crippen MR) is 78.9 cm³/mol. The van der Waals surface area contributed by atoms with E-state index < -0.39 is 11.9 Å². The van der Waals surface area contributed by atoms with Crippen LogP contribution in [0.3, 0.4) is 0 Å². The number of nitrogens with zero attached hydrogens (tertiary/aromatic N) is 3. The lowest BCUT2D eigenvalue weighted by Crippen LogP contribution is -2.47. The van der Waals surface area contributed by atoms with Gasteiger partial charge in [0.2, 0.25) is 11.7 Å². The monoisotopic (exact) mass is 305 g/mol. The summed E-state index contributed by atoms with van der Waals surface area (Å²) in [6.45, 7) is 3.69. The summed E-state index contributed by atoms with van der Waals surface area (Å²) in [7, 11) is 0. The van der Waals surface area contributed by atoms with E-state index in [1.807, 2.05) is 13.8 Å². The minimum absolute atomic E-state index is 0.0326. The summed E-state index contributed by atoms with van der Waals surface area (Å²) < 4.78 is 0. The molecule has 110 valence electrons. The largest absolute Gasteiger partial charge is 0.337 e. The molecule has 0 spiro atoms. The van der Waals surface area contributed by atoms with Gasteiger partial charge in [0.1, 0.15) is 6.04 Å². The minimum Gasteiger partial charge on any atom is -0.337 e. The summed E-state index contributed by atoms with van der Waals surface area (Å²) in [5.74, 6) is -0.851. The van der Waals surface area contributed by atoms with Crippen molar-refractivity contribution in [3.05, 3.63) is 35.9 Å². The highest BCUT2D eigenvalue weighted by Gasteiger charge is 2.26. The summed E-state index contributed by atoms with van der Waals surface area (Å²) in [5, 5.41) is 7.58. The minimum atomic E-state index is -0.690. The fourth-order valence-electron chi connectivity index (χ4n) is 1.63. The number of carbonyl (C=O) groups excluding carboxylic acids is 2. The summed E-state index contributed by atoms with van der Waals surface area (Å²) in [5.41, 5.74) is 0. The first-order valence-electron chi connectivity index (χ1n) is 6.36. The van der Waals surface area contributed by atoms with E-state index in [9.17, 15) is 9.59 Å². The first kappa shape index (κ1) is 15.0. The molecular weight excluding hydrogens is 290 g/mol. The van der Waals surface area contributed by atoms with Crippen molar-refractivity contribution < 1.29 is 9.59 Å². The SMILES string of the molecule is CC(C)[C@H](NC(=O)c1ncccn1)C(=O)Nc1nccs1. The Kier molecular flexibility index (Phi) is 4.94. The number of thiazole rings is 1. The molecule has 0 radical (unpaired) electrons. The van der Waals surface area contributed by atoms with E-state index in [0.29, 0.717) is 5.13 Å². The third kappa shape index (κ3) is 4.06. The smallest absolute Gasteiger partial charge is 0.289 e. The van der Waals surface area contributed by atoms with Crippen molar-refractivity contribution in [2.75, 3.05) is 5.32 Å². The lowest BCUT2D eigenvalue weighted by Gasteiger charge is -2.20. The Balaban J connectivity index is 2.05. The Bertz CT molecular complexity index is 600. The standard InChI is InChI=1S/C13H15N5O2S/c1-8(2)9(11(19)18-13-16-6-7-21-13)17-12(20)10-14-4-3-5-15-10/h3-9H,1-2H3,(H,17,20)(H,16,18,19)/t9-/m0/s1. The van der Waals surface area contributed by atoms with Crippen LogP contribution in [0.4, 0.5) is 5.13 Å². The highest BCUT2D eigenvalue weighted by Crippen LogP contribution is 2.12. The van der Waals surface area contributed by atoms with Crippen LogP contribution >= 0.6 is 11.3 Å². The van der Waals surface area contributed by atoms with Gasteiger partial charge in [0.15, 0.2) is 5.13 Å². The summed E-state index contributed by atoms with van der Waals surface area (Å²) in [6.07, 6.45) is 4.55. The number of amides is 2. The van der Waals surface area contributed by atoms with E-state index in [1.165, 1.54) is 23.7 Å². The van der Waals surface area contributed by atoms with Crippen LogP contribution in [0.2, 0.25) is 0 Å². The normalized spacial score (nSPS) is 12.0. The summed E-state index contributed by atoms with van der Waals surface area (Å²) in [6, 6.07) is 0.927. The number of rotatable bonds is 5. The molecule has 2 aromatic heterocycles. The Morgan fingerprint density at radius 2 is 1.86 bits per heavy atom. The molecule has 0 saturated heterocycles. The first-order valence-corrected chi connectivity index (χ1v) is 7.24. The topological polar surface area (TPSA) is 96.9 Å². The number of hydrogen-bond donors (Lipinski definition) is 2. The van der Waals surface area contributed by atoms with Gasteiger partial charge in [-0.05, 0) is 12.0 Å². The average Bonchev–Trinajstić information content (AvgIpc) is 2.97. The van der Waals surface area contributed by atoms with Crippen LogP contribution in [-0.2, 0) is 4.79 Å². The van der Waals surface area contributed by atoms with E-state index in [1.54, 1.807) is 17.6 Å². The zero-order chi connectivity index (χ0) is 15.2. The van der Waals surface area contributed by atoms with Crippen molar-refractivity contribution in [3.8, 4) is 0 Å². The van der Waals surface area contributed by atoms with Gasteiger partial charge in [0.05, 0.1) is 0 Å². The van der Waals surface area contributed by atoms with Gasteiger partial charge >= 0.3 is 0 Å². The van der Waals surface area contributed by atoms with E-state index in [4.69, 9.17) is 0 Å². The summed E-state index contributed by atoms with van der Waals surface area (Å²) >= 11 is 1.32. The van der Waals surface area contributed by atoms with E-state index >= 15 is 0 Å². The highest BCUT2D eigenvalue weighted by atomic mass is 32.1. The molecule has 0 aliphatic carbocycles.